The first-order chi connectivity index (χ1) is 9.63. The van der Waals surface area contributed by atoms with Crippen LogP contribution in [-0.2, 0) is 9.59 Å². The Balaban J connectivity index is 2.60. The molecule has 0 atom stereocenters. The zero-order valence-corrected chi connectivity index (χ0v) is 12.5. The Morgan fingerprint density at radius 1 is 1.38 bits per heavy atom. The number of carboxylic acids is 1. The first-order valence-electron chi connectivity index (χ1n) is 6.51. The van der Waals surface area contributed by atoms with E-state index in [9.17, 15) is 14.4 Å². The summed E-state index contributed by atoms with van der Waals surface area (Å²) >= 11 is 0. The first kappa shape index (κ1) is 16.7. The predicted molar refractivity (Wildman–Crippen MR) is 75.8 cm³/mol. The third-order valence-electron chi connectivity index (χ3n) is 2.84. The number of aromatic nitrogens is 2. The molecule has 8 heteroatoms. The number of anilines is 1. The van der Waals surface area contributed by atoms with E-state index in [0.29, 0.717) is 5.82 Å². The van der Waals surface area contributed by atoms with Gasteiger partial charge in [-0.2, -0.15) is 5.10 Å². The SMILES string of the molecule is CC(C)n1nccc1NC(=O)NC(=O)CC(C)(C)C(=O)O. The average molecular weight is 296 g/mol. The van der Waals surface area contributed by atoms with Crippen molar-refractivity contribution in [1.29, 1.82) is 0 Å². The van der Waals surface area contributed by atoms with Gasteiger partial charge in [-0.1, -0.05) is 0 Å². The molecule has 3 N–H and O–H groups in total. The van der Waals surface area contributed by atoms with E-state index in [2.05, 4.69) is 15.7 Å². The van der Waals surface area contributed by atoms with Gasteiger partial charge in [0.25, 0.3) is 0 Å². The molecule has 1 heterocycles. The Kier molecular flexibility index (Phi) is 5.07. The minimum Gasteiger partial charge on any atom is -0.481 e. The van der Waals surface area contributed by atoms with Crippen molar-refractivity contribution in [3.63, 3.8) is 0 Å². The topological polar surface area (TPSA) is 113 Å². The minimum atomic E-state index is -1.23. The van der Waals surface area contributed by atoms with Crippen molar-refractivity contribution >= 4 is 23.7 Å². The maximum absolute atomic E-state index is 11.7. The van der Waals surface area contributed by atoms with Crippen molar-refractivity contribution in [2.45, 2.75) is 40.2 Å². The summed E-state index contributed by atoms with van der Waals surface area (Å²) in [6.45, 7) is 6.63. The molecular weight excluding hydrogens is 276 g/mol. The van der Waals surface area contributed by atoms with Crippen molar-refractivity contribution < 1.29 is 19.5 Å². The molecule has 0 aliphatic carbocycles. The van der Waals surface area contributed by atoms with Gasteiger partial charge in [-0.05, 0) is 27.7 Å². The number of carbonyl (C=O) groups excluding carboxylic acids is 2. The number of rotatable bonds is 5. The second kappa shape index (κ2) is 6.38. The zero-order valence-electron chi connectivity index (χ0n) is 12.5. The van der Waals surface area contributed by atoms with Crippen LogP contribution < -0.4 is 10.6 Å². The molecule has 0 saturated heterocycles. The molecule has 1 aromatic heterocycles. The van der Waals surface area contributed by atoms with Crippen molar-refractivity contribution in [3.8, 4) is 0 Å². The molecule has 0 fully saturated rings. The quantitative estimate of drug-likeness (QED) is 0.764. The minimum absolute atomic E-state index is 0.0527. The third-order valence-corrected chi connectivity index (χ3v) is 2.84. The molecule has 21 heavy (non-hydrogen) atoms. The summed E-state index contributed by atoms with van der Waals surface area (Å²) in [6.07, 6.45) is 1.24. The molecule has 116 valence electrons. The molecule has 0 aliphatic heterocycles. The Labute approximate surface area is 122 Å². The van der Waals surface area contributed by atoms with Gasteiger partial charge >= 0.3 is 12.0 Å². The van der Waals surface area contributed by atoms with Gasteiger partial charge in [-0.15, -0.1) is 0 Å². The van der Waals surface area contributed by atoms with Crippen LogP contribution in [0.2, 0.25) is 0 Å². The number of carboxylic acid groups (broad SMARTS) is 1. The summed E-state index contributed by atoms with van der Waals surface area (Å²) < 4.78 is 1.59. The molecule has 3 amide bonds. The van der Waals surface area contributed by atoms with Gasteiger partial charge in [-0.3, -0.25) is 20.2 Å². The fourth-order valence-corrected chi connectivity index (χ4v) is 1.62. The summed E-state index contributed by atoms with van der Waals surface area (Å²) in [6, 6.07) is 0.936. The van der Waals surface area contributed by atoms with Gasteiger partial charge < -0.3 is 5.11 Å². The van der Waals surface area contributed by atoms with Gasteiger partial charge in [-0.25, -0.2) is 9.48 Å². The average Bonchev–Trinajstić information content (AvgIpc) is 2.75. The highest BCUT2D eigenvalue weighted by atomic mass is 16.4. The molecule has 0 unspecified atom stereocenters. The van der Waals surface area contributed by atoms with E-state index in [1.54, 1.807) is 10.7 Å². The van der Waals surface area contributed by atoms with Crippen molar-refractivity contribution in [3.05, 3.63) is 12.3 Å². The van der Waals surface area contributed by atoms with E-state index < -0.39 is 23.3 Å². The van der Waals surface area contributed by atoms with E-state index in [-0.39, 0.29) is 12.5 Å². The molecule has 0 saturated carbocycles. The number of aliphatic carboxylic acids is 1. The molecule has 1 rings (SSSR count). The van der Waals surface area contributed by atoms with E-state index in [4.69, 9.17) is 5.11 Å². The number of nitrogens with zero attached hydrogens (tertiary/aromatic N) is 2. The van der Waals surface area contributed by atoms with E-state index in [1.165, 1.54) is 20.0 Å². The normalized spacial score (nSPS) is 11.3. The van der Waals surface area contributed by atoms with Crippen LogP contribution in [0.3, 0.4) is 0 Å². The van der Waals surface area contributed by atoms with Crippen LogP contribution in [0.5, 0.6) is 0 Å². The molecular formula is C13H20N4O4. The Hall–Kier alpha value is -2.38. The van der Waals surface area contributed by atoms with Crippen LogP contribution in [0.15, 0.2) is 12.3 Å². The van der Waals surface area contributed by atoms with Crippen LogP contribution in [0, 0.1) is 5.41 Å². The summed E-state index contributed by atoms with van der Waals surface area (Å²) in [5.74, 6) is -1.31. The molecule has 1 aromatic rings. The number of hydrogen-bond donors (Lipinski definition) is 3. The number of imide groups is 1. The smallest absolute Gasteiger partial charge is 0.327 e. The van der Waals surface area contributed by atoms with Crippen molar-refractivity contribution in [1.82, 2.24) is 15.1 Å². The summed E-state index contributed by atoms with van der Waals surface area (Å²) in [5, 5.41) is 17.6. The molecule has 0 aliphatic rings. The Bertz CT molecular complexity index is 548. The molecule has 8 nitrogen and oxygen atoms in total. The van der Waals surface area contributed by atoms with Crippen LogP contribution in [0.1, 0.15) is 40.2 Å². The number of hydrogen-bond acceptors (Lipinski definition) is 4. The number of amides is 3. The first-order valence-corrected chi connectivity index (χ1v) is 6.51. The lowest BCUT2D eigenvalue weighted by Gasteiger charge is -2.18. The molecule has 0 radical (unpaired) electrons. The highest BCUT2D eigenvalue weighted by Gasteiger charge is 2.30. The van der Waals surface area contributed by atoms with Crippen molar-refractivity contribution in [2.24, 2.45) is 5.41 Å². The molecule has 0 aromatic carbocycles. The number of urea groups is 1. The van der Waals surface area contributed by atoms with Crippen LogP contribution >= 0.6 is 0 Å². The highest BCUT2D eigenvalue weighted by Crippen LogP contribution is 2.20. The third kappa shape index (κ3) is 4.59. The van der Waals surface area contributed by atoms with E-state index >= 15 is 0 Å². The molecule has 0 spiro atoms. The maximum atomic E-state index is 11.7. The van der Waals surface area contributed by atoms with Crippen LogP contribution in [0.25, 0.3) is 0 Å². The summed E-state index contributed by atoms with van der Waals surface area (Å²) in [5.41, 5.74) is -1.23. The summed E-state index contributed by atoms with van der Waals surface area (Å²) in [4.78, 5) is 34.3. The van der Waals surface area contributed by atoms with E-state index in [1.807, 2.05) is 13.8 Å². The second-order valence-electron chi connectivity index (χ2n) is 5.62. The van der Waals surface area contributed by atoms with Gasteiger partial charge in [0.1, 0.15) is 5.82 Å². The fraction of sp³-hybridized carbons (Fsp3) is 0.538. The largest absolute Gasteiger partial charge is 0.481 e. The van der Waals surface area contributed by atoms with Crippen LogP contribution in [-0.4, -0.2) is 32.8 Å². The number of carbonyl (C=O) groups is 3. The van der Waals surface area contributed by atoms with Gasteiger partial charge in [0, 0.05) is 18.5 Å². The van der Waals surface area contributed by atoms with Crippen LogP contribution in [0.4, 0.5) is 10.6 Å². The van der Waals surface area contributed by atoms with E-state index in [0.717, 1.165) is 0 Å². The lowest BCUT2D eigenvalue weighted by atomic mass is 9.89. The lowest BCUT2D eigenvalue weighted by molar-refractivity contribution is -0.149. The fourth-order valence-electron chi connectivity index (χ4n) is 1.62. The maximum Gasteiger partial charge on any atom is 0.327 e. The summed E-state index contributed by atoms with van der Waals surface area (Å²) in [7, 11) is 0. The lowest BCUT2D eigenvalue weighted by Crippen LogP contribution is -2.39. The van der Waals surface area contributed by atoms with Gasteiger partial charge in [0.05, 0.1) is 11.6 Å². The molecule has 0 bridgehead atoms. The standard InChI is InChI=1S/C13H20N4O4/c1-8(2)17-9(5-6-14-17)15-12(21)16-10(18)7-13(3,4)11(19)20/h5-6,8H,7H2,1-4H3,(H,19,20)(H2,15,16,18,21). The van der Waals surface area contributed by atoms with Crippen molar-refractivity contribution in [2.75, 3.05) is 5.32 Å². The predicted octanol–water partition coefficient (Wildman–Crippen LogP) is 1.61. The highest BCUT2D eigenvalue weighted by molar-refractivity contribution is 6.01. The zero-order chi connectivity index (χ0) is 16.2. The monoisotopic (exact) mass is 296 g/mol. The van der Waals surface area contributed by atoms with Gasteiger partial charge in [0.2, 0.25) is 5.91 Å². The Morgan fingerprint density at radius 2 is 2.00 bits per heavy atom. The number of nitrogens with one attached hydrogen (secondary N) is 2. The second-order valence-corrected chi connectivity index (χ2v) is 5.62. The van der Waals surface area contributed by atoms with Gasteiger partial charge in [0.15, 0.2) is 0 Å². The Morgan fingerprint density at radius 3 is 2.52 bits per heavy atom.